The molecule has 144 valence electrons. The van der Waals surface area contributed by atoms with Crippen LogP contribution in [0.5, 0.6) is 0 Å². The van der Waals surface area contributed by atoms with Crippen molar-refractivity contribution >= 4 is 21.4 Å². The highest BCUT2D eigenvalue weighted by molar-refractivity contribution is 7.89. The lowest BCUT2D eigenvalue weighted by molar-refractivity contribution is 0.146. The highest BCUT2D eigenvalue weighted by atomic mass is 32.2. The van der Waals surface area contributed by atoms with E-state index < -0.39 is 10.0 Å². The Kier molecular flexibility index (Phi) is 5.28. The molecule has 9 heteroatoms. The fourth-order valence-corrected chi connectivity index (χ4v) is 5.24. The topological polar surface area (TPSA) is 82.2 Å². The summed E-state index contributed by atoms with van der Waals surface area (Å²) in [7, 11) is -3.53. The predicted molar refractivity (Wildman–Crippen MR) is 107 cm³/mol. The molecule has 0 amide bonds. The van der Waals surface area contributed by atoms with Crippen LogP contribution in [-0.2, 0) is 16.7 Å². The van der Waals surface area contributed by atoms with E-state index in [9.17, 15) is 8.42 Å². The summed E-state index contributed by atoms with van der Waals surface area (Å²) in [6.07, 6.45) is 1.95. The van der Waals surface area contributed by atoms with Crippen LogP contribution >= 0.6 is 11.3 Å². The minimum absolute atomic E-state index is 0.229. The van der Waals surface area contributed by atoms with Gasteiger partial charge in [0.2, 0.25) is 10.0 Å². The van der Waals surface area contributed by atoms with Crippen LogP contribution in [0.25, 0.3) is 11.3 Å². The number of sulfonamides is 1. The summed E-state index contributed by atoms with van der Waals surface area (Å²) in [5.41, 5.74) is 2.51. The van der Waals surface area contributed by atoms with E-state index in [1.807, 2.05) is 34.5 Å². The lowest BCUT2D eigenvalue weighted by atomic mass is 10.2. The Balaban J connectivity index is 1.37. The summed E-state index contributed by atoms with van der Waals surface area (Å²) in [4.78, 5) is 2.42. The van der Waals surface area contributed by atoms with E-state index in [2.05, 4.69) is 15.4 Å². The number of hydrogen-bond acceptors (Lipinski definition) is 6. The number of thiophene rings is 1. The second-order valence-electron chi connectivity index (χ2n) is 6.55. The summed E-state index contributed by atoms with van der Waals surface area (Å²) < 4.78 is 29.0. The summed E-state index contributed by atoms with van der Waals surface area (Å²) >= 11 is 1.64. The van der Waals surface area contributed by atoms with E-state index in [1.54, 1.807) is 11.3 Å². The van der Waals surface area contributed by atoms with Gasteiger partial charge in [-0.2, -0.15) is 26.0 Å². The number of piperazine rings is 1. The maximum atomic E-state index is 12.8. The highest BCUT2D eigenvalue weighted by Gasteiger charge is 2.28. The highest BCUT2D eigenvalue weighted by Crippen LogP contribution is 2.21. The molecule has 4 rings (SSSR count). The van der Waals surface area contributed by atoms with Gasteiger partial charge in [0.05, 0.1) is 28.9 Å². The Labute approximate surface area is 168 Å². The molecule has 0 unspecified atom stereocenters. The van der Waals surface area contributed by atoms with Gasteiger partial charge in [-0.25, -0.2) is 8.42 Å². The van der Waals surface area contributed by atoms with Gasteiger partial charge in [-0.1, -0.05) is 0 Å². The van der Waals surface area contributed by atoms with Crippen molar-refractivity contribution in [2.75, 3.05) is 26.2 Å². The lowest BCUT2D eigenvalue weighted by Gasteiger charge is -2.33. The summed E-state index contributed by atoms with van der Waals surface area (Å²) in [5.74, 6) is 0. The summed E-state index contributed by atoms with van der Waals surface area (Å²) in [6.45, 7) is 2.78. The summed E-state index contributed by atoms with van der Waals surface area (Å²) in [5, 5.41) is 17.6. The molecule has 3 aromatic rings. The second-order valence-corrected chi connectivity index (χ2v) is 9.27. The maximum Gasteiger partial charge on any atom is 0.243 e. The third-order valence-corrected chi connectivity index (χ3v) is 7.35. The van der Waals surface area contributed by atoms with Gasteiger partial charge in [-0.05, 0) is 41.8 Å². The third-order valence-electron chi connectivity index (χ3n) is 4.75. The van der Waals surface area contributed by atoms with Gasteiger partial charge < -0.3 is 0 Å². The molecule has 1 aliphatic rings. The standard InChI is InChI=1S/C19H19N5O2S2/c20-13-16-1-3-18(4-2-16)28(25,26)24-10-8-22(9-11-24)15-23-7-5-19(21-23)17-6-12-27-14-17/h1-7,12,14H,8-11,15H2. The molecule has 0 bridgehead atoms. The number of hydrogen-bond donors (Lipinski definition) is 0. The number of rotatable bonds is 5. The van der Waals surface area contributed by atoms with Crippen molar-refractivity contribution in [1.82, 2.24) is 19.0 Å². The van der Waals surface area contributed by atoms with Crippen molar-refractivity contribution in [1.29, 1.82) is 5.26 Å². The van der Waals surface area contributed by atoms with Gasteiger partial charge >= 0.3 is 0 Å². The molecule has 3 heterocycles. The molecule has 0 saturated carbocycles. The SMILES string of the molecule is N#Cc1ccc(S(=O)(=O)N2CCN(Cn3ccc(-c4ccsc4)n3)CC2)cc1. The van der Waals surface area contributed by atoms with Crippen LogP contribution in [0.2, 0.25) is 0 Å². The molecule has 0 aliphatic carbocycles. The van der Waals surface area contributed by atoms with Gasteiger partial charge in [0.25, 0.3) is 0 Å². The van der Waals surface area contributed by atoms with E-state index in [1.165, 1.54) is 28.6 Å². The largest absolute Gasteiger partial charge is 0.282 e. The van der Waals surface area contributed by atoms with Crippen molar-refractivity contribution in [3.05, 3.63) is 58.9 Å². The maximum absolute atomic E-state index is 12.8. The van der Waals surface area contributed by atoms with Crippen molar-refractivity contribution in [3.8, 4) is 17.3 Å². The van der Waals surface area contributed by atoms with Crippen molar-refractivity contribution in [2.45, 2.75) is 11.6 Å². The van der Waals surface area contributed by atoms with Crippen molar-refractivity contribution < 1.29 is 8.42 Å². The van der Waals surface area contributed by atoms with Gasteiger partial charge in [-0.3, -0.25) is 9.58 Å². The first kappa shape index (κ1) is 18.8. The van der Waals surface area contributed by atoms with E-state index in [4.69, 9.17) is 5.26 Å². The Morgan fingerprint density at radius 2 is 1.82 bits per heavy atom. The molecule has 1 fully saturated rings. The first-order valence-electron chi connectivity index (χ1n) is 8.85. The van der Waals surface area contributed by atoms with Gasteiger partial charge in [0.15, 0.2) is 0 Å². The molecule has 7 nitrogen and oxygen atoms in total. The molecule has 0 spiro atoms. The molecule has 0 atom stereocenters. The minimum atomic E-state index is -3.53. The molecular weight excluding hydrogens is 394 g/mol. The zero-order valence-electron chi connectivity index (χ0n) is 15.1. The van der Waals surface area contributed by atoms with E-state index >= 15 is 0 Å². The zero-order valence-corrected chi connectivity index (χ0v) is 16.7. The van der Waals surface area contributed by atoms with Crippen LogP contribution in [0, 0.1) is 11.3 Å². The normalized spacial score (nSPS) is 16.1. The first-order valence-corrected chi connectivity index (χ1v) is 11.2. The number of nitriles is 1. The van der Waals surface area contributed by atoms with Crippen LogP contribution in [0.4, 0.5) is 0 Å². The fraction of sp³-hybridized carbons (Fsp3) is 0.263. The molecular formula is C19H19N5O2S2. The molecule has 0 N–H and O–H groups in total. The van der Waals surface area contributed by atoms with Gasteiger partial charge in [0, 0.05) is 43.3 Å². The van der Waals surface area contributed by atoms with Crippen LogP contribution in [0.15, 0.2) is 58.3 Å². The first-order chi connectivity index (χ1) is 13.6. The molecule has 28 heavy (non-hydrogen) atoms. The Bertz CT molecular complexity index is 1070. The summed E-state index contributed by atoms with van der Waals surface area (Å²) in [6, 6.07) is 12.1. The van der Waals surface area contributed by atoms with E-state index in [0.717, 1.165) is 11.3 Å². The van der Waals surface area contributed by atoms with Crippen LogP contribution in [0.3, 0.4) is 0 Å². The fourth-order valence-electron chi connectivity index (χ4n) is 3.17. The van der Waals surface area contributed by atoms with Gasteiger partial charge in [-0.15, -0.1) is 0 Å². The average Bonchev–Trinajstić information content (AvgIpc) is 3.40. The van der Waals surface area contributed by atoms with Crippen LogP contribution in [0.1, 0.15) is 5.56 Å². The molecule has 1 saturated heterocycles. The average molecular weight is 414 g/mol. The number of benzene rings is 1. The second kappa shape index (κ2) is 7.85. The third kappa shape index (κ3) is 3.86. The number of nitrogens with zero attached hydrogens (tertiary/aromatic N) is 5. The Hall–Kier alpha value is -2.51. The predicted octanol–water partition coefficient (Wildman–Crippen LogP) is 2.45. The Morgan fingerprint density at radius 3 is 2.46 bits per heavy atom. The quantitative estimate of drug-likeness (QED) is 0.642. The molecule has 0 radical (unpaired) electrons. The number of aromatic nitrogens is 2. The van der Waals surface area contributed by atoms with Crippen LogP contribution in [-0.4, -0.2) is 53.6 Å². The van der Waals surface area contributed by atoms with Gasteiger partial charge in [0.1, 0.15) is 0 Å². The minimum Gasteiger partial charge on any atom is -0.282 e. The van der Waals surface area contributed by atoms with E-state index in [-0.39, 0.29) is 4.90 Å². The smallest absolute Gasteiger partial charge is 0.243 e. The van der Waals surface area contributed by atoms with Crippen LogP contribution < -0.4 is 0 Å². The monoisotopic (exact) mass is 413 g/mol. The zero-order chi connectivity index (χ0) is 19.6. The molecule has 1 aromatic carbocycles. The van der Waals surface area contributed by atoms with Crippen molar-refractivity contribution in [3.63, 3.8) is 0 Å². The lowest BCUT2D eigenvalue weighted by Crippen LogP contribution is -2.48. The molecule has 1 aliphatic heterocycles. The molecule has 2 aromatic heterocycles. The van der Waals surface area contributed by atoms with Crippen molar-refractivity contribution in [2.24, 2.45) is 0 Å². The Morgan fingerprint density at radius 1 is 1.07 bits per heavy atom. The van der Waals surface area contributed by atoms with E-state index in [0.29, 0.717) is 38.4 Å².